The van der Waals surface area contributed by atoms with Crippen LogP contribution in [0.2, 0.25) is 0 Å². The summed E-state index contributed by atoms with van der Waals surface area (Å²) in [5, 5.41) is 3.47. The summed E-state index contributed by atoms with van der Waals surface area (Å²) in [6.45, 7) is 4.28. The molecule has 0 aliphatic rings. The SMILES string of the molecule is CCCCCCCNCc1ccccc1OCc1ccccc1F. The predicted octanol–water partition coefficient (Wildman–Crippen LogP) is 5.46. The summed E-state index contributed by atoms with van der Waals surface area (Å²) in [4.78, 5) is 0. The van der Waals surface area contributed by atoms with Crippen molar-refractivity contribution < 1.29 is 9.13 Å². The molecule has 0 aliphatic carbocycles. The van der Waals surface area contributed by atoms with Crippen LogP contribution in [0.4, 0.5) is 4.39 Å². The van der Waals surface area contributed by atoms with Crippen molar-refractivity contribution in [3.05, 3.63) is 65.5 Å². The predicted molar refractivity (Wildman–Crippen MR) is 97.6 cm³/mol. The van der Waals surface area contributed by atoms with Crippen LogP contribution in [0, 0.1) is 5.82 Å². The van der Waals surface area contributed by atoms with E-state index < -0.39 is 0 Å². The highest BCUT2D eigenvalue weighted by atomic mass is 19.1. The number of unbranched alkanes of at least 4 members (excludes halogenated alkanes) is 4. The van der Waals surface area contributed by atoms with Crippen molar-refractivity contribution in [3.8, 4) is 5.75 Å². The van der Waals surface area contributed by atoms with E-state index in [1.165, 1.54) is 38.2 Å². The summed E-state index contributed by atoms with van der Waals surface area (Å²) < 4.78 is 19.5. The van der Waals surface area contributed by atoms with Crippen LogP contribution in [0.25, 0.3) is 0 Å². The lowest BCUT2D eigenvalue weighted by molar-refractivity contribution is 0.296. The van der Waals surface area contributed by atoms with Crippen LogP contribution in [-0.4, -0.2) is 6.54 Å². The molecule has 0 amide bonds. The molecule has 0 spiro atoms. The first-order chi connectivity index (χ1) is 11.8. The molecule has 0 aromatic heterocycles. The average Bonchev–Trinajstić information content (AvgIpc) is 2.61. The highest BCUT2D eigenvalue weighted by Crippen LogP contribution is 2.20. The summed E-state index contributed by atoms with van der Waals surface area (Å²) in [6, 6.07) is 14.7. The second kappa shape index (κ2) is 10.8. The topological polar surface area (TPSA) is 21.3 Å². The van der Waals surface area contributed by atoms with Gasteiger partial charge in [0.15, 0.2) is 0 Å². The Kier molecular flexibility index (Phi) is 8.33. The van der Waals surface area contributed by atoms with Crippen LogP contribution >= 0.6 is 0 Å². The number of hydrogen-bond donors (Lipinski definition) is 1. The number of benzene rings is 2. The van der Waals surface area contributed by atoms with Crippen LogP contribution in [0.5, 0.6) is 5.75 Å². The number of ether oxygens (including phenoxy) is 1. The van der Waals surface area contributed by atoms with Crippen LogP contribution in [0.3, 0.4) is 0 Å². The standard InChI is InChI=1S/C21H28FNO/c1-2-3-4-5-10-15-23-16-18-11-7-9-14-21(18)24-17-19-12-6-8-13-20(19)22/h6-9,11-14,23H,2-5,10,15-17H2,1H3. The van der Waals surface area contributed by atoms with E-state index in [1.807, 2.05) is 24.3 Å². The van der Waals surface area contributed by atoms with Crippen molar-refractivity contribution in [2.75, 3.05) is 6.54 Å². The van der Waals surface area contributed by atoms with E-state index >= 15 is 0 Å². The van der Waals surface area contributed by atoms with E-state index in [9.17, 15) is 4.39 Å². The Balaban J connectivity index is 1.78. The summed E-state index contributed by atoms with van der Waals surface area (Å²) in [6.07, 6.45) is 6.41. The molecule has 0 heterocycles. The highest BCUT2D eigenvalue weighted by Gasteiger charge is 2.05. The van der Waals surface area contributed by atoms with Gasteiger partial charge in [-0.05, 0) is 25.1 Å². The number of nitrogens with one attached hydrogen (secondary N) is 1. The van der Waals surface area contributed by atoms with Gasteiger partial charge in [-0.2, -0.15) is 0 Å². The average molecular weight is 329 g/mol. The van der Waals surface area contributed by atoms with E-state index in [0.29, 0.717) is 5.56 Å². The molecule has 0 saturated heterocycles. The third-order valence-corrected chi connectivity index (χ3v) is 4.09. The zero-order chi connectivity index (χ0) is 17.0. The fourth-order valence-electron chi connectivity index (χ4n) is 2.64. The van der Waals surface area contributed by atoms with E-state index in [1.54, 1.807) is 12.1 Å². The molecule has 0 atom stereocenters. The van der Waals surface area contributed by atoms with Crippen molar-refractivity contribution in [3.63, 3.8) is 0 Å². The molecule has 0 saturated carbocycles. The minimum Gasteiger partial charge on any atom is -0.488 e. The van der Waals surface area contributed by atoms with Gasteiger partial charge in [0, 0.05) is 17.7 Å². The molecule has 24 heavy (non-hydrogen) atoms. The summed E-state index contributed by atoms with van der Waals surface area (Å²) in [7, 11) is 0. The van der Waals surface area contributed by atoms with Gasteiger partial charge in [0.05, 0.1) is 0 Å². The van der Waals surface area contributed by atoms with Crippen molar-refractivity contribution in [1.29, 1.82) is 0 Å². The van der Waals surface area contributed by atoms with Gasteiger partial charge in [0.2, 0.25) is 0 Å². The summed E-state index contributed by atoms with van der Waals surface area (Å²) in [5.41, 5.74) is 1.69. The van der Waals surface area contributed by atoms with Crippen molar-refractivity contribution >= 4 is 0 Å². The fraction of sp³-hybridized carbons (Fsp3) is 0.429. The van der Waals surface area contributed by atoms with E-state index in [4.69, 9.17) is 4.74 Å². The van der Waals surface area contributed by atoms with Gasteiger partial charge in [-0.1, -0.05) is 69.0 Å². The Morgan fingerprint density at radius 2 is 1.58 bits per heavy atom. The monoisotopic (exact) mass is 329 g/mol. The molecule has 2 rings (SSSR count). The lowest BCUT2D eigenvalue weighted by Crippen LogP contribution is -2.15. The number of para-hydroxylation sites is 1. The third-order valence-electron chi connectivity index (χ3n) is 4.09. The largest absolute Gasteiger partial charge is 0.488 e. The first-order valence-electron chi connectivity index (χ1n) is 8.96. The smallest absolute Gasteiger partial charge is 0.129 e. The lowest BCUT2D eigenvalue weighted by Gasteiger charge is -2.12. The Bertz CT molecular complexity index is 600. The first kappa shape index (κ1) is 18.5. The normalized spacial score (nSPS) is 10.8. The minimum atomic E-state index is -0.222. The number of halogens is 1. The van der Waals surface area contributed by atoms with Gasteiger partial charge in [0.1, 0.15) is 18.2 Å². The molecule has 0 aliphatic heterocycles. The van der Waals surface area contributed by atoms with Gasteiger partial charge < -0.3 is 10.1 Å². The van der Waals surface area contributed by atoms with Crippen LogP contribution in [-0.2, 0) is 13.2 Å². The van der Waals surface area contributed by atoms with Crippen LogP contribution < -0.4 is 10.1 Å². The molecule has 0 fully saturated rings. The lowest BCUT2D eigenvalue weighted by atomic mass is 10.1. The maximum atomic E-state index is 13.7. The first-order valence-corrected chi connectivity index (χ1v) is 8.96. The van der Waals surface area contributed by atoms with E-state index in [0.717, 1.165) is 24.4 Å². The molecule has 0 unspecified atom stereocenters. The quantitative estimate of drug-likeness (QED) is 0.552. The van der Waals surface area contributed by atoms with Gasteiger partial charge in [-0.25, -0.2) is 4.39 Å². The fourth-order valence-corrected chi connectivity index (χ4v) is 2.64. The second-order valence-electron chi connectivity index (χ2n) is 6.08. The zero-order valence-corrected chi connectivity index (χ0v) is 14.6. The minimum absolute atomic E-state index is 0.222. The van der Waals surface area contributed by atoms with E-state index in [-0.39, 0.29) is 12.4 Å². The van der Waals surface area contributed by atoms with Gasteiger partial charge in [0.25, 0.3) is 0 Å². The third kappa shape index (κ3) is 6.32. The molecule has 2 aromatic rings. The highest BCUT2D eigenvalue weighted by molar-refractivity contribution is 5.33. The van der Waals surface area contributed by atoms with Crippen molar-refractivity contribution in [1.82, 2.24) is 5.32 Å². The molecule has 2 nitrogen and oxygen atoms in total. The van der Waals surface area contributed by atoms with Crippen molar-refractivity contribution in [2.45, 2.75) is 52.2 Å². The van der Waals surface area contributed by atoms with Crippen LogP contribution in [0.1, 0.15) is 50.2 Å². The maximum absolute atomic E-state index is 13.7. The summed E-state index contributed by atoms with van der Waals surface area (Å²) in [5.74, 6) is 0.597. The Labute approximate surface area is 145 Å². The van der Waals surface area contributed by atoms with Crippen LogP contribution in [0.15, 0.2) is 48.5 Å². The molecule has 3 heteroatoms. The Hall–Kier alpha value is -1.87. The molecule has 0 bridgehead atoms. The molecular weight excluding hydrogens is 301 g/mol. The molecule has 0 radical (unpaired) electrons. The van der Waals surface area contributed by atoms with E-state index in [2.05, 4.69) is 18.3 Å². The van der Waals surface area contributed by atoms with Gasteiger partial charge >= 0.3 is 0 Å². The molecule has 2 aromatic carbocycles. The Morgan fingerprint density at radius 1 is 0.875 bits per heavy atom. The van der Waals surface area contributed by atoms with Crippen molar-refractivity contribution in [2.24, 2.45) is 0 Å². The van der Waals surface area contributed by atoms with Gasteiger partial charge in [-0.15, -0.1) is 0 Å². The molecule has 1 N–H and O–H groups in total. The Morgan fingerprint density at radius 3 is 2.38 bits per heavy atom. The number of rotatable bonds is 11. The number of hydrogen-bond acceptors (Lipinski definition) is 2. The molecular formula is C21H28FNO. The molecule has 130 valence electrons. The summed E-state index contributed by atoms with van der Waals surface area (Å²) >= 11 is 0. The zero-order valence-electron chi connectivity index (χ0n) is 14.6. The maximum Gasteiger partial charge on any atom is 0.129 e. The second-order valence-corrected chi connectivity index (χ2v) is 6.08. The van der Waals surface area contributed by atoms with Gasteiger partial charge in [-0.3, -0.25) is 0 Å².